The molecule has 2 N–H and O–H groups in total. The van der Waals surface area contributed by atoms with E-state index in [9.17, 15) is 4.79 Å². The van der Waals surface area contributed by atoms with Crippen LogP contribution < -0.4 is 10.6 Å². The summed E-state index contributed by atoms with van der Waals surface area (Å²) in [6, 6.07) is 9.61. The Morgan fingerprint density at radius 3 is 2.79 bits per heavy atom. The molecule has 1 amide bonds. The van der Waals surface area contributed by atoms with E-state index in [0.29, 0.717) is 12.5 Å². The molecular formula is C15H19N3O. The summed E-state index contributed by atoms with van der Waals surface area (Å²) in [5.41, 5.74) is 2.03. The van der Waals surface area contributed by atoms with Crippen LogP contribution in [0.3, 0.4) is 0 Å². The Morgan fingerprint density at radius 2 is 2.21 bits per heavy atom. The number of hydrogen-bond donors (Lipinski definition) is 2. The molecule has 0 saturated heterocycles. The average molecular weight is 257 g/mol. The number of nitriles is 1. The molecule has 0 aliphatic rings. The Morgan fingerprint density at radius 1 is 1.47 bits per heavy atom. The third-order valence-corrected chi connectivity index (χ3v) is 2.44. The zero-order chi connectivity index (χ0) is 14.3. The molecule has 0 atom stereocenters. The van der Waals surface area contributed by atoms with Crippen molar-refractivity contribution in [1.82, 2.24) is 5.32 Å². The van der Waals surface area contributed by atoms with Crippen molar-refractivity contribution in [3.05, 3.63) is 41.6 Å². The Balaban J connectivity index is 2.67. The standard InChI is InChI=1S/C15H19N3O/c1-11(2)9-18-15(19)13(8-16)10-17-14-6-4-5-12(3)7-14/h4-7,10-11,17H,9H2,1-3H3,(H,18,19)/b13-10-. The van der Waals surface area contributed by atoms with Crippen LogP contribution in [-0.4, -0.2) is 12.5 Å². The van der Waals surface area contributed by atoms with Gasteiger partial charge < -0.3 is 10.6 Å². The molecule has 4 heteroatoms. The maximum atomic E-state index is 11.7. The minimum Gasteiger partial charge on any atom is -0.360 e. The number of aryl methyl sites for hydroxylation is 1. The van der Waals surface area contributed by atoms with Crippen LogP contribution in [0.5, 0.6) is 0 Å². The van der Waals surface area contributed by atoms with E-state index in [1.165, 1.54) is 6.20 Å². The number of carbonyl (C=O) groups is 1. The molecule has 1 aromatic carbocycles. The largest absolute Gasteiger partial charge is 0.360 e. The molecule has 0 spiro atoms. The Labute approximate surface area is 114 Å². The van der Waals surface area contributed by atoms with Crippen LogP contribution in [0.1, 0.15) is 19.4 Å². The fraction of sp³-hybridized carbons (Fsp3) is 0.333. The molecule has 0 aromatic heterocycles. The second-order valence-electron chi connectivity index (χ2n) is 4.79. The summed E-state index contributed by atoms with van der Waals surface area (Å²) in [7, 11) is 0. The molecule has 0 fully saturated rings. The number of nitrogens with zero attached hydrogens (tertiary/aromatic N) is 1. The van der Waals surface area contributed by atoms with Crippen molar-refractivity contribution in [2.24, 2.45) is 5.92 Å². The zero-order valence-electron chi connectivity index (χ0n) is 11.5. The van der Waals surface area contributed by atoms with Crippen LogP contribution in [0.15, 0.2) is 36.0 Å². The minimum atomic E-state index is -0.351. The maximum Gasteiger partial charge on any atom is 0.263 e. The number of hydrogen-bond acceptors (Lipinski definition) is 3. The van der Waals surface area contributed by atoms with Crippen LogP contribution in [0.25, 0.3) is 0 Å². The monoisotopic (exact) mass is 257 g/mol. The van der Waals surface area contributed by atoms with Gasteiger partial charge in [0.25, 0.3) is 5.91 Å². The fourth-order valence-electron chi connectivity index (χ4n) is 1.43. The van der Waals surface area contributed by atoms with Gasteiger partial charge in [0.2, 0.25) is 0 Å². The van der Waals surface area contributed by atoms with E-state index in [4.69, 9.17) is 5.26 Å². The number of carbonyl (C=O) groups excluding carboxylic acids is 1. The van der Waals surface area contributed by atoms with Crippen molar-refractivity contribution in [1.29, 1.82) is 5.26 Å². The van der Waals surface area contributed by atoms with Crippen molar-refractivity contribution >= 4 is 11.6 Å². The molecule has 0 aliphatic heterocycles. The summed E-state index contributed by atoms with van der Waals surface area (Å²) in [4.78, 5) is 11.7. The third kappa shape index (κ3) is 5.26. The number of anilines is 1. The quantitative estimate of drug-likeness (QED) is 0.629. The summed E-state index contributed by atoms with van der Waals surface area (Å²) in [5.74, 6) is 0.00461. The van der Waals surface area contributed by atoms with Gasteiger partial charge in [-0.3, -0.25) is 4.79 Å². The molecular weight excluding hydrogens is 238 g/mol. The van der Waals surface area contributed by atoms with E-state index in [1.54, 1.807) is 0 Å². The normalized spacial score (nSPS) is 11.0. The lowest BCUT2D eigenvalue weighted by Gasteiger charge is -2.07. The molecule has 4 nitrogen and oxygen atoms in total. The lowest BCUT2D eigenvalue weighted by atomic mass is 10.2. The van der Waals surface area contributed by atoms with Gasteiger partial charge in [-0.2, -0.15) is 5.26 Å². The van der Waals surface area contributed by atoms with E-state index < -0.39 is 0 Å². The first-order chi connectivity index (χ1) is 9.02. The second kappa shape index (κ2) is 7.22. The highest BCUT2D eigenvalue weighted by molar-refractivity contribution is 5.97. The summed E-state index contributed by atoms with van der Waals surface area (Å²) < 4.78 is 0. The van der Waals surface area contributed by atoms with E-state index >= 15 is 0 Å². The predicted molar refractivity (Wildman–Crippen MR) is 76.3 cm³/mol. The van der Waals surface area contributed by atoms with Gasteiger partial charge in [0.15, 0.2) is 0 Å². The summed E-state index contributed by atoms with van der Waals surface area (Å²) in [5, 5.41) is 14.6. The van der Waals surface area contributed by atoms with Crippen molar-refractivity contribution in [3.8, 4) is 6.07 Å². The maximum absolute atomic E-state index is 11.7. The van der Waals surface area contributed by atoms with Gasteiger partial charge in [0.1, 0.15) is 11.6 Å². The van der Waals surface area contributed by atoms with Gasteiger partial charge in [-0.05, 0) is 30.5 Å². The van der Waals surface area contributed by atoms with Crippen molar-refractivity contribution in [2.75, 3.05) is 11.9 Å². The van der Waals surface area contributed by atoms with E-state index in [-0.39, 0.29) is 11.5 Å². The highest BCUT2D eigenvalue weighted by atomic mass is 16.1. The van der Waals surface area contributed by atoms with Gasteiger partial charge in [-0.1, -0.05) is 26.0 Å². The minimum absolute atomic E-state index is 0.0714. The molecule has 100 valence electrons. The molecule has 0 saturated carbocycles. The summed E-state index contributed by atoms with van der Waals surface area (Å²) in [6.45, 7) is 6.54. The number of amides is 1. The second-order valence-corrected chi connectivity index (χ2v) is 4.79. The molecule has 1 rings (SSSR count). The highest BCUT2D eigenvalue weighted by Crippen LogP contribution is 2.10. The van der Waals surface area contributed by atoms with Crippen LogP contribution in [0.4, 0.5) is 5.69 Å². The first-order valence-electron chi connectivity index (χ1n) is 6.24. The van der Waals surface area contributed by atoms with Crippen LogP contribution in [0.2, 0.25) is 0 Å². The Hall–Kier alpha value is -2.28. The molecule has 1 aromatic rings. The average Bonchev–Trinajstić information content (AvgIpc) is 2.37. The van der Waals surface area contributed by atoms with Crippen molar-refractivity contribution < 1.29 is 4.79 Å². The van der Waals surface area contributed by atoms with Gasteiger partial charge in [0.05, 0.1) is 0 Å². The van der Waals surface area contributed by atoms with Crippen LogP contribution in [0, 0.1) is 24.2 Å². The lowest BCUT2D eigenvalue weighted by Crippen LogP contribution is -2.28. The van der Waals surface area contributed by atoms with Crippen molar-refractivity contribution in [3.63, 3.8) is 0 Å². The molecule has 0 radical (unpaired) electrons. The summed E-state index contributed by atoms with van der Waals surface area (Å²) >= 11 is 0. The fourth-order valence-corrected chi connectivity index (χ4v) is 1.43. The van der Waals surface area contributed by atoms with E-state index in [2.05, 4.69) is 10.6 Å². The van der Waals surface area contributed by atoms with E-state index in [0.717, 1.165) is 11.3 Å². The zero-order valence-corrected chi connectivity index (χ0v) is 11.5. The molecule has 0 heterocycles. The van der Waals surface area contributed by atoms with Gasteiger partial charge in [-0.15, -0.1) is 0 Å². The number of nitrogens with one attached hydrogen (secondary N) is 2. The van der Waals surface area contributed by atoms with E-state index in [1.807, 2.05) is 51.1 Å². The molecule has 0 unspecified atom stereocenters. The van der Waals surface area contributed by atoms with Crippen molar-refractivity contribution in [2.45, 2.75) is 20.8 Å². The topological polar surface area (TPSA) is 64.9 Å². The third-order valence-electron chi connectivity index (χ3n) is 2.44. The summed E-state index contributed by atoms with van der Waals surface area (Å²) in [6.07, 6.45) is 1.43. The molecule has 0 aliphatic carbocycles. The lowest BCUT2D eigenvalue weighted by molar-refractivity contribution is -0.117. The van der Waals surface area contributed by atoms with Crippen LogP contribution >= 0.6 is 0 Å². The SMILES string of the molecule is Cc1cccc(N/C=C(/C#N)C(=O)NCC(C)C)c1. The highest BCUT2D eigenvalue weighted by Gasteiger charge is 2.08. The first kappa shape index (κ1) is 14.8. The van der Waals surface area contributed by atoms with Gasteiger partial charge in [0, 0.05) is 18.4 Å². The van der Waals surface area contributed by atoms with Gasteiger partial charge in [-0.25, -0.2) is 0 Å². The number of rotatable bonds is 5. The first-order valence-corrected chi connectivity index (χ1v) is 6.24. The smallest absolute Gasteiger partial charge is 0.263 e. The Kier molecular flexibility index (Phi) is 5.62. The van der Waals surface area contributed by atoms with Crippen LogP contribution in [-0.2, 0) is 4.79 Å². The number of benzene rings is 1. The molecule has 0 bridgehead atoms. The van der Waals surface area contributed by atoms with Gasteiger partial charge >= 0.3 is 0 Å². The molecule has 19 heavy (non-hydrogen) atoms. The predicted octanol–water partition coefficient (Wildman–Crippen LogP) is 2.59. The Bertz CT molecular complexity index is 512.